The van der Waals surface area contributed by atoms with Crippen LogP contribution in [0.4, 0.5) is 0 Å². The minimum atomic E-state index is -0.256. The Balaban J connectivity index is 2.25. The third-order valence-electron chi connectivity index (χ3n) is 4.21. The zero-order valence-corrected chi connectivity index (χ0v) is 14.9. The molecule has 0 aliphatic rings. The van der Waals surface area contributed by atoms with Gasteiger partial charge in [0.05, 0.1) is 18.1 Å². The molecule has 134 valence electrons. The molecule has 0 saturated heterocycles. The quantitative estimate of drug-likeness (QED) is 0.681. The number of methoxy groups -OCH3 is 1. The van der Waals surface area contributed by atoms with Crippen molar-refractivity contribution in [3.8, 4) is 28.4 Å². The lowest BCUT2D eigenvalue weighted by Gasteiger charge is -2.11. The summed E-state index contributed by atoms with van der Waals surface area (Å²) in [5.41, 5.74) is 2.69. The lowest BCUT2D eigenvalue weighted by atomic mass is 10.0. The molecule has 3 rings (SSSR count). The number of phenolic OH excluding ortho intramolecular Hbond substituents is 2. The number of fused-ring (bicyclic) bond motifs is 1. The van der Waals surface area contributed by atoms with E-state index in [4.69, 9.17) is 9.15 Å². The molecule has 0 atom stereocenters. The number of hydrogen-bond acceptors (Lipinski definition) is 5. The fraction of sp³-hybridized carbons (Fsp3) is 0.190. The van der Waals surface area contributed by atoms with Gasteiger partial charge >= 0.3 is 0 Å². The van der Waals surface area contributed by atoms with Crippen molar-refractivity contribution in [2.75, 3.05) is 7.11 Å². The van der Waals surface area contributed by atoms with Gasteiger partial charge in [0.25, 0.3) is 0 Å². The smallest absolute Gasteiger partial charge is 0.200 e. The van der Waals surface area contributed by atoms with Gasteiger partial charge in [0.2, 0.25) is 5.43 Å². The van der Waals surface area contributed by atoms with Crippen molar-refractivity contribution in [3.63, 3.8) is 0 Å². The monoisotopic (exact) mass is 352 g/mol. The average molecular weight is 352 g/mol. The van der Waals surface area contributed by atoms with Gasteiger partial charge in [-0.1, -0.05) is 11.6 Å². The standard InChI is InChI=1S/C21H20O5/c1-12(2)4-6-15-19(25-3)9-8-16-20(24)17(11-26-21(15)16)14-7-5-13(22)10-18(14)23/h4-5,7-11,22-23H,6H2,1-3H3. The Morgan fingerprint density at radius 2 is 1.92 bits per heavy atom. The molecule has 0 aliphatic heterocycles. The number of rotatable bonds is 4. The van der Waals surface area contributed by atoms with Gasteiger partial charge in [-0.15, -0.1) is 0 Å². The second kappa shape index (κ2) is 6.96. The van der Waals surface area contributed by atoms with E-state index < -0.39 is 0 Å². The predicted molar refractivity (Wildman–Crippen MR) is 101 cm³/mol. The maximum Gasteiger partial charge on any atom is 0.200 e. The molecule has 26 heavy (non-hydrogen) atoms. The lowest BCUT2D eigenvalue weighted by molar-refractivity contribution is 0.410. The first-order valence-corrected chi connectivity index (χ1v) is 8.19. The van der Waals surface area contributed by atoms with Crippen molar-refractivity contribution in [2.24, 2.45) is 0 Å². The molecule has 0 aliphatic carbocycles. The van der Waals surface area contributed by atoms with Crippen LogP contribution in [0.1, 0.15) is 19.4 Å². The Hall–Kier alpha value is -3.21. The molecular weight excluding hydrogens is 332 g/mol. The van der Waals surface area contributed by atoms with Crippen molar-refractivity contribution in [1.82, 2.24) is 0 Å². The molecule has 0 spiro atoms. The van der Waals surface area contributed by atoms with E-state index in [1.807, 2.05) is 19.9 Å². The number of allylic oxidation sites excluding steroid dienone is 2. The topological polar surface area (TPSA) is 79.9 Å². The normalized spacial score (nSPS) is 10.7. The molecule has 5 heteroatoms. The fourth-order valence-corrected chi connectivity index (χ4v) is 2.86. The van der Waals surface area contributed by atoms with E-state index in [0.29, 0.717) is 28.7 Å². The number of phenols is 2. The third-order valence-corrected chi connectivity index (χ3v) is 4.21. The highest BCUT2D eigenvalue weighted by molar-refractivity contribution is 5.86. The van der Waals surface area contributed by atoms with Crippen LogP contribution in [-0.2, 0) is 6.42 Å². The third kappa shape index (κ3) is 3.16. The first kappa shape index (κ1) is 17.6. The zero-order chi connectivity index (χ0) is 18.8. The molecule has 0 saturated carbocycles. The largest absolute Gasteiger partial charge is 0.508 e. The molecule has 0 radical (unpaired) electrons. The number of hydrogen-bond donors (Lipinski definition) is 2. The highest BCUT2D eigenvalue weighted by atomic mass is 16.5. The van der Waals surface area contributed by atoms with Crippen LogP contribution in [0.3, 0.4) is 0 Å². The summed E-state index contributed by atoms with van der Waals surface area (Å²) in [6, 6.07) is 7.48. The summed E-state index contributed by atoms with van der Waals surface area (Å²) in [5, 5.41) is 19.9. The predicted octanol–water partition coefficient (Wildman–Crippen LogP) is 4.39. The van der Waals surface area contributed by atoms with Gasteiger partial charge in [0.1, 0.15) is 29.1 Å². The van der Waals surface area contributed by atoms with Crippen LogP contribution < -0.4 is 10.2 Å². The van der Waals surface area contributed by atoms with Gasteiger partial charge in [0.15, 0.2) is 0 Å². The summed E-state index contributed by atoms with van der Waals surface area (Å²) < 4.78 is 11.2. The van der Waals surface area contributed by atoms with Crippen LogP contribution in [0.15, 0.2) is 57.5 Å². The highest BCUT2D eigenvalue weighted by Crippen LogP contribution is 2.33. The van der Waals surface area contributed by atoms with E-state index in [2.05, 4.69) is 0 Å². The van der Waals surface area contributed by atoms with Crippen LogP contribution in [0, 0.1) is 0 Å². The van der Waals surface area contributed by atoms with E-state index in [0.717, 1.165) is 11.1 Å². The maximum atomic E-state index is 13.0. The SMILES string of the molecule is COc1ccc2c(=O)c(-c3ccc(O)cc3O)coc2c1CC=C(C)C. The molecule has 0 amide bonds. The Labute approximate surface area is 150 Å². The van der Waals surface area contributed by atoms with Gasteiger partial charge in [-0.05, 0) is 44.5 Å². The Kier molecular flexibility index (Phi) is 4.71. The van der Waals surface area contributed by atoms with Crippen LogP contribution in [0.2, 0.25) is 0 Å². The van der Waals surface area contributed by atoms with Crippen LogP contribution in [0.25, 0.3) is 22.1 Å². The molecule has 3 aromatic rings. The van der Waals surface area contributed by atoms with Crippen LogP contribution in [-0.4, -0.2) is 17.3 Å². The van der Waals surface area contributed by atoms with Gasteiger partial charge in [0, 0.05) is 17.2 Å². The summed E-state index contributed by atoms with van der Waals surface area (Å²) in [6.07, 6.45) is 3.95. The van der Waals surface area contributed by atoms with Crippen molar-refractivity contribution in [1.29, 1.82) is 0 Å². The van der Waals surface area contributed by atoms with Crippen molar-refractivity contribution >= 4 is 11.0 Å². The maximum absolute atomic E-state index is 13.0. The molecule has 2 aromatic carbocycles. The highest BCUT2D eigenvalue weighted by Gasteiger charge is 2.17. The van der Waals surface area contributed by atoms with E-state index in [1.54, 1.807) is 19.2 Å². The summed E-state index contributed by atoms with van der Waals surface area (Å²) in [4.78, 5) is 13.0. The van der Waals surface area contributed by atoms with Gasteiger partial charge < -0.3 is 19.4 Å². The van der Waals surface area contributed by atoms with Crippen molar-refractivity contribution < 1.29 is 19.4 Å². The molecule has 1 aromatic heterocycles. The zero-order valence-electron chi connectivity index (χ0n) is 14.9. The fourth-order valence-electron chi connectivity index (χ4n) is 2.86. The number of aromatic hydroxyl groups is 2. The number of ether oxygens (including phenoxy) is 1. The second-order valence-electron chi connectivity index (χ2n) is 6.29. The van der Waals surface area contributed by atoms with E-state index in [-0.39, 0.29) is 22.5 Å². The molecule has 2 N–H and O–H groups in total. The molecule has 1 heterocycles. The minimum absolute atomic E-state index is 0.0785. The summed E-state index contributed by atoms with van der Waals surface area (Å²) in [5.74, 6) is 0.387. The van der Waals surface area contributed by atoms with Crippen LogP contribution in [0.5, 0.6) is 17.2 Å². The first-order valence-electron chi connectivity index (χ1n) is 8.19. The molecule has 0 unspecified atom stereocenters. The summed E-state index contributed by atoms with van der Waals surface area (Å²) >= 11 is 0. The average Bonchev–Trinajstić information content (AvgIpc) is 2.60. The van der Waals surface area contributed by atoms with Gasteiger partial charge in [-0.3, -0.25) is 4.79 Å². The summed E-state index contributed by atoms with van der Waals surface area (Å²) in [7, 11) is 1.58. The summed E-state index contributed by atoms with van der Waals surface area (Å²) in [6.45, 7) is 4.00. The molecular formula is C21H20O5. The minimum Gasteiger partial charge on any atom is -0.508 e. The van der Waals surface area contributed by atoms with Crippen LogP contribution >= 0.6 is 0 Å². The van der Waals surface area contributed by atoms with E-state index >= 15 is 0 Å². The Morgan fingerprint density at radius 1 is 1.15 bits per heavy atom. The van der Waals surface area contributed by atoms with Crippen molar-refractivity contribution in [3.05, 3.63) is 64.0 Å². The first-order chi connectivity index (χ1) is 12.4. The van der Waals surface area contributed by atoms with Gasteiger partial charge in [-0.25, -0.2) is 0 Å². The molecule has 5 nitrogen and oxygen atoms in total. The Bertz CT molecular complexity index is 1060. The Morgan fingerprint density at radius 3 is 2.58 bits per heavy atom. The molecule has 0 bridgehead atoms. The van der Waals surface area contributed by atoms with Gasteiger partial charge in [-0.2, -0.15) is 0 Å². The second-order valence-corrected chi connectivity index (χ2v) is 6.29. The molecule has 0 fully saturated rings. The van der Waals surface area contributed by atoms with E-state index in [9.17, 15) is 15.0 Å². The van der Waals surface area contributed by atoms with E-state index in [1.165, 1.54) is 24.5 Å². The van der Waals surface area contributed by atoms with Crippen molar-refractivity contribution in [2.45, 2.75) is 20.3 Å². The lowest BCUT2D eigenvalue weighted by Crippen LogP contribution is -2.06. The number of benzene rings is 2.